The van der Waals surface area contributed by atoms with E-state index >= 15 is 0 Å². The molecule has 0 aliphatic carbocycles. The van der Waals surface area contributed by atoms with Crippen LogP contribution in [-0.2, 0) is 12.6 Å². The topological polar surface area (TPSA) is 0 Å². The maximum Gasteiger partial charge on any atom is 0.416 e. The summed E-state index contributed by atoms with van der Waals surface area (Å²) in [5.74, 6) is -0.371. The number of benzene rings is 2. The van der Waals surface area contributed by atoms with Crippen LogP contribution in [0.1, 0.15) is 27.6 Å². The quantitative estimate of drug-likeness (QED) is 0.505. The van der Waals surface area contributed by atoms with E-state index in [1.54, 1.807) is 25.1 Å². The Morgan fingerprint density at radius 1 is 1.05 bits per heavy atom. The lowest BCUT2D eigenvalue weighted by molar-refractivity contribution is -0.137. The highest BCUT2D eigenvalue weighted by atomic mass is 35.5. The largest absolute Gasteiger partial charge is 0.416 e. The van der Waals surface area contributed by atoms with Gasteiger partial charge in [0.1, 0.15) is 5.82 Å². The standard InChI is InChI=1S/C16H13ClF4/c1-10-3-2-4-13(15(10)18)14(17)9-11-5-7-12(8-6-11)16(19,20)21/h2-8,14H,9H2,1H3. The van der Waals surface area contributed by atoms with E-state index in [4.69, 9.17) is 11.6 Å². The van der Waals surface area contributed by atoms with Gasteiger partial charge in [-0.05, 0) is 36.6 Å². The molecule has 2 aromatic rings. The van der Waals surface area contributed by atoms with E-state index in [1.807, 2.05) is 0 Å². The Hall–Kier alpha value is -1.55. The zero-order chi connectivity index (χ0) is 15.6. The number of rotatable bonds is 3. The lowest BCUT2D eigenvalue weighted by atomic mass is 10.0. The molecule has 0 bridgehead atoms. The molecule has 1 atom stereocenters. The molecule has 0 spiro atoms. The SMILES string of the molecule is Cc1cccc(C(Cl)Cc2ccc(C(F)(F)F)cc2)c1F. The van der Waals surface area contributed by atoms with E-state index in [9.17, 15) is 17.6 Å². The molecule has 0 fully saturated rings. The van der Waals surface area contributed by atoms with Crippen molar-refractivity contribution in [2.24, 2.45) is 0 Å². The van der Waals surface area contributed by atoms with Crippen molar-refractivity contribution in [3.05, 3.63) is 70.5 Å². The molecule has 0 saturated carbocycles. The molecular formula is C16H13ClF4. The van der Waals surface area contributed by atoms with Crippen molar-refractivity contribution in [1.29, 1.82) is 0 Å². The molecule has 2 aromatic carbocycles. The van der Waals surface area contributed by atoms with Gasteiger partial charge in [-0.2, -0.15) is 13.2 Å². The fraction of sp³-hybridized carbons (Fsp3) is 0.250. The monoisotopic (exact) mass is 316 g/mol. The lowest BCUT2D eigenvalue weighted by Gasteiger charge is -2.13. The first-order valence-electron chi connectivity index (χ1n) is 6.34. The molecule has 0 aliphatic heterocycles. The Morgan fingerprint density at radius 3 is 2.24 bits per heavy atom. The van der Waals surface area contributed by atoms with E-state index in [-0.39, 0.29) is 12.2 Å². The molecule has 1 unspecified atom stereocenters. The average Bonchev–Trinajstić information content (AvgIpc) is 2.41. The van der Waals surface area contributed by atoms with E-state index in [0.29, 0.717) is 16.7 Å². The van der Waals surface area contributed by atoms with Gasteiger partial charge in [-0.1, -0.05) is 30.3 Å². The predicted octanol–water partition coefficient (Wildman–Crippen LogP) is 5.68. The van der Waals surface area contributed by atoms with Crippen LogP contribution in [0.4, 0.5) is 17.6 Å². The molecule has 0 amide bonds. The summed E-state index contributed by atoms with van der Waals surface area (Å²) in [5, 5.41) is -0.623. The van der Waals surface area contributed by atoms with Crippen LogP contribution in [0.2, 0.25) is 0 Å². The molecule has 2 rings (SSSR count). The molecule has 0 saturated heterocycles. The van der Waals surface area contributed by atoms with Gasteiger partial charge >= 0.3 is 6.18 Å². The van der Waals surface area contributed by atoms with Crippen molar-refractivity contribution in [2.75, 3.05) is 0 Å². The van der Waals surface area contributed by atoms with Gasteiger partial charge in [0.15, 0.2) is 0 Å². The van der Waals surface area contributed by atoms with Crippen molar-refractivity contribution in [3.8, 4) is 0 Å². The van der Waals surface area contributed by atoms with Crippen LogP contribution < -0.4 is 0 Å². The van der Waals surface area contributed by atoms with Crippen molar-refractivity contribution < 1.29 is 17.6 Å². The number of aryl methyl sites for hydroxylation is 1. The van der Waals surface area contributed by atoms with Crippen molar-refractivity contribution in [2.45, 2.75) is 24.9 Å². The second kappa shape index (κ2) is 6.06. The summed E-state index contributed by atoms with van der Waals surface area (Å²) in [6.45, 7) is 1.64. The summed E-state index contributed by atoms with van der Waals surface area (Å²) in [4.78, 5) is 0. The molecular weight excluding hydrogens is 304 g/mol. The maximum atomic E-state index is 13.9. The number of halogens is 5. The zero-order valence-corrected chi connectivity index (χ0v) is 12.0. The lowest BCUT2D eigenvalue weighted by Crippen LogP contribution is -2.05. The zero-order valence-electron chi connectivity index (χ0n) is 11.2. The van der Waals surface area contributed by atoms with Crippen LogP contribution >= 0.6 is 11.6 Å². The third-order valence-corrected chi connectivity index (χ3v) is 3.64. The molecule has 0 aromatic heterocycles. The molecule has 0 radical (unpaired) electrons. The van der Waals surface area contributed by atoms with E-state index in [2.05, 4.69) is 0 Å². The first-order chi connectivity index (χ1) is 9.79. The normalized spacial score (nSPS) is 13.2. The van der Waals surface area contributed by atoms with Crippen LogP contribution in [0.3, 0.4) is 0 Å². The average molecular weight is 317 g/mol. The van der Waals surface area contributed by atoms with Crippen LogP contribution in [-0.4, -0.2) is 0 Å². The van der Waals surface area contributed by atoms with Gasteiger partial charge in [0.05, 0.1) is 10.9 Å². The third kappa shape index (κ3) is 3.76. The molecule has 5 heteroatoms. The molecule has 0 aliphatic rings. The van der Waals surface area contributed by atoms with Crippen LogP contribution in [0.25, 0.3) is 0 Å². The fourth-order valence-electron chi connectivity index (χ4n) is 2.06. The molecule has 0 nitrogen and oxygen atoms in total. The van der Waals surface area contributed by atoms with Crippen molar-refractivity contribution >= 4 is 11.6 Å². The van der Waals surface area contributed by atoms with Gasteiger partial charge in [0, 0.05) is 5.56 Å². The van der Waals surface area contributed by atoms with E-state index in [1.165, 1.54) is 12.1 Å². The summed E-state index contributed by atoms with van der Waals surface area (Å²) in [6.07, 6.45) is -4.10. The van der Waals surface area contributed by atoms with E-state index in [0.717, 1.165) is 12.1 Å². The number of hydrogen-bond donors (Lipinski definition) is 0. The fourth-order valence-corrected chi connectivity index (χ4v) is 2.41. The minimum absolute atomic E-state index is 0.264. The summed E-state index contributed by atoms with van der Waals surface area (Å²) in [5.41, 5.74) is 0.769. The molecule has 0 heterocycles. The molecule has 21 heavy (non-hydrogen) atoms. The maximum absolute atomic E-state index is 13.9. The Balaban J connectivity index is 2.16. The second-order valence-electron chi connectivity index (χ2n) is 4.84. The smallest absolute Gasteiger partial charge is 0.206 e. The van der Waals surface area contributed by atoms with Crippen molar-refractivity contribution in [3.63, 3.8) is 0 Å². The Kier molecular flexibility index (Phi) is 4.57. The number of alkyl halides is 4. The minimum Gasteiger partial charge on any atom is -0.206 e. The van der Waals surface area contributed by atoms with E-state index < -0.39 is 17.1 Å². The molecule has 112 valence electrons. The Labute approximate surface area is 125 Å². The van der Waals surface area contributed by atoms with Gasteiger partial charge in [0.2, 0.25) is 0 Å². The second-order valence-corrected chi connectivity index (χ2v) is 5.37. The van der Waals surface area contributed by atoms with Crippen LogP contribution in [0.5, 0.6) is 0 Å². The summed E-state index contributed by atoms with van der Waals surface area (Å²) in [7, 11) is 0. The van der Waals surface area contributed by atoms with Gasteiger partial charge in [-0.25, -0.2) is 4.39 Å². The highest BCUT2D eigenvalue weighted by molar-refractivity contribution is 6.20. The summed E-state index contributed by atoms with van der Waals surface area (Å²) >= 11 is 6.19. The highest BCUT2D eigenvalue weighted by Gasteiger charge is 2.30. The van der Waals surface area contributed by atoms with Gasteiger partial charge in [-0.3, -0.25) is 0 Å². The first-order valence-corrected chi connectivity index (χ1v) is 6.78. The van der Waals surface area contributed by atoms with Crippen LogP contribution in [0, 0.1) is 12.7 Å². The Bertz CT molecular complexity index is 617. The van der Waals surface area contributed by atoms with Gasteiger partial charge in [0.25, 0.3) is 0 Å². The molecule has 0 N–H and O–H groups in total. The van der Waals surface area contributed by atoms with Crippen molar-refractivity contribution in [1.82, 2.24) is 0 Å². The van der Waals surface area contributed by atoms with Crippen LogP contribution in [0.15, 0.2) is 42.5 Å². The predicted molar refractivity (Wildman–Crippen MR) is 74.9 cm³/mol. The Morgan fingerprint density at radius 2 is 1.67 bits per heavy atom. The van der Waals surface area contributed by atoms with Gasteiger partial charge in [-0.15, -0.1) is 11.6 Å². The van der Waals surface area contributed by atoms with Gasteiger partial charge < -0.3 is 0 Å². The first kappa shape index (κ1) is 15.8. The minimum atomic E-state index is -4.36. The highest BCUT2D eigenvalue weighted by Crippen LogP contribution is 2.31. The number of hydrogen-bond acceptors (Lipinski definition) is 0. The third-order valence-electron chi connectivity index (χ3n) is 3.26. The summed E-state index contributed by atoms with van der Waals surface area (Å²) in [6, 6.07) is 9.68. The summed E-state index contributed by atoms with van der Waals surface area (Å²) < 4.78 is 51.3.